The van der Waals surface area contributed by atoms with Gasteiger partial charge in [0.25, 0.3) is 5.69 Å². The van der Waals surface area contributed by atoms with Gasteiger partial charge >= 0.3 is 0 Å². The summed E-state index contributed by atoms with van der Waals surface area (Å²) < 4.78 is 14.1. The number of rotatable bonds is 4. The highest BCUT2D eigenvalue weighted by Gasteiger charge is 2.29. The molecule has 1 aromatic rings. The van der Waals surface area contributed by atoms with Crippen molar-refractivity contribution in [2.45, 2.75) is 31.7 Å². The number of hydrogen-bond donors (Lipinski definition) is 1. The van der Waals surface area contributed by atoms with Gasteiger partial charge in [-0.15, -0.1) is 0 Å². The molecule has 1 aliphatic carbocycles. The molecule has 0 heterocycles. The Morgan fingerprint density at radius 2 is 2.15 bits per heavy atom. The number of nitrogens with zero attached hydrogens (tertiary/aromatic N) is 2. The first-order valence-electron chi connectivity index (χ1n) is 6.91. The molecular formula is C14H20FN3O2. The Labute approximate surface area is 117 Å². The van der Waals surface area contributed by atoms with Crippen molar-refractivity contribution in [1.29, 1.82) is 0 Å². The summed E-state index contributed by atoms with van der Waals surface area (Å²) in [4.78, 5) is 11.9. The SMILES string of the molecule is CN(c1ccc([N+](=O)[O-])cc1F)C1CCCCC1CN. The molecule has 2 N–H and O–H groups in total. The molecule has 0 aliphatic heterocycles. The van der Waals surface area contributed by atoms with Crippen molar-refractivity contribution >= 4 is 11.4 Å². The number of benzene rings is 1. The minimum Gasteiger partial charge on any atom is -0.369 e. The first-order valence-corrected chi connectivity index (χ1v) is 6.91. The second-order valence-electron chi connectivity index (χ2n) is 5.35. The highest BCUT2D eigenvalue weighted by atomic mass is 19.1. The number of nitro benzene ring substituents is 1. The maximum absolute atomic E-state index is 14.1. The van der Waals surface area contributed by atoms with E-state index in [1.807, 2.05) is 11.9 Å². The van der Waals surface area contributed by atoms with Crippen molar-refractivity contribution in [3.8, 4) is 0 Å². The van der Waals surface area contributed by atoms with E-state index in [2.05, 4.69) is 0 Å². The Balaban J connectivity index is 2.23. The zero-order valence-corrected chi connectivity index (χ0v) is 11.6. The van der Waals surface area contributed by atoms with E-state index in [4.69, 9.17) is 5.73 Å². The van der Waals surface area contributed by atoms with Gasteiger partial charge in [-0.05, 0) is 31.4 Å². The van der Waals surface area contributed by atoms with Crippen LogP contribution in [0, 0.1) is 21.8 Å². The smallest absolute Gasteiger partial charge is 0.272 e. The Hall–Kier alpha value is -1.69. The van der Waals surface area contributed by atoms with Gasteiger partial charge in [-0.2, -0.15) is 0 Å². The van der Waals surface area contributed by atoms with Crippen LogP contribution in [0.15, 0.2) is 18.2 Å². The predicted octanol–water partition coefficient (Wildman–Crippen LogP) is 2.69. The third-order valence-corrected chi connectivity index (χ3v) is 4.19. The molecule has 110 valence electrons. The molecule has 1 saturated carbocycles. The molecule has 2 atom stereocenters. The zero-order chi connectivity index (χ0) is 14.7. The molecule has 20 heavy (non-hydrogen) atoms. The fraction of sp³-hybridized carbons (Fsp3) is 0.571. The van der Waals surface area contributed by atoms with Gasteiger partial charge in [0.2, 0.25) is 0 Å². The molecule has 2 rings (SSSR count). The number of nitro groups is 1. The van der Waals surface area contributed by atoms with Crippen LogP contribution in [0.3, 0.4) is 0 Å². The summed E-state index contributed by atoms with van der Waals surface area (Å²) in [6, 6.07) is 4.00. The number of anilines is 1. The second kappa shape index (κ2) is 6.17. The van der Waals surface area contributed by atoms with E-state index in [0.29, 0.717) is 18.2 Å². The maximum atomic E-state index is 14.1. The van der Waals surface area contributed by atoms with Crippen molar-refractivity contribution in [3.05, 3.63) is 34.1 Å². The molecule has 1 fully saturated rings. The van der Waals surface area contributed by atoms with Crippen LogP contribution in [0.1, 0.15) is 25.7 Å². The highest BCUT2D eigenvalue weighted by molar-refractivity contribution is 5.52. The molecule has 0 amide bonds. The van der Waals surface area contributed by atoms with E-state index >= 15 is 0 Å². The quantitative estimate of drug-likeness (QED) is 0.680. The summed E-state index contributed by atoms with van der Waals surface area (Å²) in [7, 11) is 1.84. The zero-order valence-electron chi connectivity index (χ0n) is 11.6. The summed E-state index contributed by atoms with van der Waals surface area (Å²) >= 11 is 0. The molecular weight excluding hydrogens is 261 g/mol. The van der Waals surface area contributed by atoms with E-state index in [9.17, 15) is 14.5 Å². The monoisotopic (exact) mass is 281 g/mol. The average Bonchev–Trinajstić information content (AvgIpc) is 2.46. The van der Waals surface area contributed by atoms with E-state index in [-0.39, 0.29) is 11.7 Å². The molecule has 2 unspecified atom stereocenters. The average molecular weight is 281 g/mol. The number of non-ortho nitro benzene ring substituents is 1. The van der Waals surface area contributed by atoms with Crippen LogP contribution in [0.2, 0.25) is 0 Å². The number of nitrogens with two attached hydrogens (primary N) is 1. The number of hydrogen-bond acceptors (Lipinski definition) is 4. The normalized spacial score (nSPS) is 22.6. The van der Waals surface area contributed by atoms with Crippen molar-refractivity contribution in [1.82, 2.24) is 0 Å². The lowest BCUT2D eigenvalue weighted by Gasteiger charge is -2.38. The van der Waals surface area contributed by atoms with E-state index in [0.717, 1.165) is 31.7 Å². The fourth-order valence-electron chi connectivity index (χ4n) is 3.05. The van der Waals surface area contributed by atoms with E-state index in [1.165, 1.54) is 12.1 Å². The van der Waals surface area contributed by atoms with Crippen molar-refractivity contribution in [2.24, 2.45) is 11.7 Å². The van der Waals surface area contributed by atoms with Gasteiger partial charge in [-0.25, -0.2) is 4.39 Å². The lowest BCUT2D eigenvalue weighted by molar-refractivity contribution is -0.385. The Morgan fingerprint density at radius 1 is 1.45 bits per heavy atom. The standard InChI is InChI=1S/C14H20FN3O2/c1-17(13-5-3-2-4-10(13)9-16)14-7-6-11(18(19)20)8-12(14)15/h6-8,10,13H,2-5,9,16H2,1H3. The topological polar surface area (TPSA) is 72.4 Å². The third kappa shape index (κ3) is 2.90. The summed E-state index contributed by atoms with van der Waals surface area (Å²) in [6.07, 6.45) is 4.31. The minimum absolute atomic E-state index is 0.199. The maximum Gasteiger partial charge on any atom is 0.272 e. The minimum atomic E-state index is -0.587. The largest absolute Gasteiger partial charge is 0.369 e. The Bertz CT molecular complexity index is 495. The molecule has 0 radical (unpaired) electrons. The summed E-state index contributed by atoms with van der Waals surface area (Å²) in [6.45, 7) is 0.587. The van der Waals surface area contributed by atoms with Gasteiger partial charge in [0.15, 0.2) is 5.82 Å². The molecule has 5 nitrogen and oxygen atoms in total. The molecule has 0 saturated heterocycles. The van der Waals surface area contributed by atoms with Crippen LogP contribution in [-0.2, 0) is 0 Å². The third-order valence-electron chi connectivity index (χ3n) is 4.19. The van der Waals surface area contributed by atoms with Crippen LogP contribution in [0.5, 0.6) is 0 Å². The van der Waals surface area contributed by atoms with Crippen LogP contribution >= 0.6 is 0 Å². The lowest BCUT2D eigenvalue weighted by atomic mass is 9.83. The highest BCUT2D eigenvalue weighted by Crippen LogP contribution is 2.32. The van der Waals surface area contributed by atoms with Crippen molar-refractivity contribution in [2.75, 3.05) is 18.5 Å². The van der Waals surface area contributed by atoms with Gasteiger partial charge < -0.3 is 10.6 Å². The lowest BCUT2D eigenvalue weighted by Crippen LogP contribution is -2.43. The van der Waals surface area contributed by atoms with Gasteiger partial charge in [0.1, 0.15) is 0 Å². The Kier molecular flexibility index (Phi) is 4.54. The van der Waals surface area contributed by atoms with Gasteiger partial charge in [-0.3, -0.25) is 10.1 Å². The van der Waals surface area contributed by atoms with Crippen LogP contribution in [0.25, 0.3) is 0 Å². The van der Waals surface area contributed by atoms with Gasteiger partial charge in [-0.1, -0.05) is 12.8 Å². The van der Waals surface area contributed by atoms with E-state index in [1.54, 1.807) is 0 Å². The predicted molar refractivity (Wildman–Crippen MR) is 76.3 cm³/mol. The molecule has 1 aliphatic rings. The first kappa shape index (κ1) is 14.7. The summed E-state index contributed by atoms with van der Waals surface area (Å²) in [5.41, 5.74) is 5.98. The second-order valence-corrected chi connectivity index (χ2v) is 5.35. The molecule has 1 aromatic carbocycles. The van der Waals surface area contributed by atoms with E-state index < -0.39 is 10.7 Å². The van der Waals surface area contributed by atoms with Crippen molar-refractivity contribution in [3.63, 3.8) is 0 Å². The summed E-state index contributed by atoms with van der Waals surface area (Å²) in [5.74, 6) is -0.202. The molecule has 0 spiro atoms. The molecule has 6 heteroatoms. The van der Waals surface area contributed by atoms with Crippen LogP contribution in [0.4, 0.5) is 15.8 Å². The first-order chi connectivity index (χ1) is 9.54. The number of halogens is 1. The summed E-state index contributed by atoms with van der Waals surface area (Å²) in [5, 5.41) is 10.6. The molecule has 0 aromatic heterocycles. The van der Waals surface area contributed by atoms with Crippen molar-refractivity contribution < 1.29 is 9.31 Å². The fourth-order valence-corrected chi connectivity index (χ4v) is 3.05. The van der Waals surface area contributed by atoms with Gasteiger partial charge in [0.05, 0.1) is 16.7 Å². The molecule has 0 bridgehead atoms. The Morgan fingerprint density at radius 3 is 2.75 bits per heavy atom. The van der Waals surface area contributed by atoms with Crippen LogP contribution < -0.4 is 10.6 Å². The van der Waals surface area contributed by atoms with Crippen LogP contribution in [-0.4, -0.2) is 24.6 Å². The van der Waals surface area contributed by atoms with Gasteiger partial charge in [0, 0.05) is 19.2 Å².